The van der Waals surface area contributed by atoms with Crippen LogP contribution >= 0.6 is 0 Å². The molecule has 3 aliphatic rings. The monoisotopic (exact) mass is 281 g/mol. The van der Waals surface area contributed by atoms with E-state index in [-0.39, 0.29) is 11.9 Å². The fraction of sp³-hybridized carbons (Fsp3) is 0.857. The Balaban J connectivity index is 1.53. The molecular weight excluding hydrogens is 258 g/mol. The molecule has 0 saturated carbocycles. The SMILES string of the molecule is O=C1NC2(CCNCC2)C(=O)N1CCCC1CCCO1. The van der Waals surface area contributed by atoms with Gasteiger partial charge in [-0.05, 0) is 51.6 Å². The van der Waals surface area contributed by atoms with Gasteiger partial charge < -0.3 is 15.4 Å². The zero-order valence-electron chi connectivity index (χ0n) is 11.8. The number of nitrogens with one attached hydrogen (secondary N) is 2. The molecular formula is C14H23N3O3. The number of amides is 3. The van der Waals surface area contributed by atoms with Gasteiger partial charge in [0.15, 0.2) is 0 Å². The molecule has 20 heavy (non-hydrogen) atoms. The molecule has 0 aromatic rings. The van der Waals surface area contributed by atoms with Crippen LogP contribution < -0.4 is 10.6 Å². The van der Waals surface area contributed by atoms with E-state index in [0.717, 1.165) is 45.4 Å². The van der Waals surface area contributed by atoms with E-state index in [2.05, 4.69) is 10.6 Å². The number of urea groups is 1. The number of nitrogens with zero attached hydrogens (tertiary/aromatic N) is 1. The van der Waals surface area contributed by atoms with Crippen molar-refractivity contribution in [1.29, 1.82) is 0 Å². The molecule has 6 heteroatoms. The molecule has 1 unspecified atom stereocenters. The maximum Gasteiger partial charge on any atom is 0.325 e. The Kier molecular flexibility index (Phi) is 3.94. The molecule has 3 fully saturated rings. The lowest BCUT2D eigenvalue weighted by molar-refractivity contribution is -0.132. The van der Waals surface area contributed by atoms with E-state index in [9.17, 15) is 9.59 Å². The largest absolute Gasteiger partial charge is 0.378 e. The molecule has 1 atom stereocenters. The van der Waals surface area contributed by atoms with Gasteiger partial charge in [0.25, 0.3) is 5.91 Å². The number of hydrogen-bond acceptors (Lipinski definition) is 4. The van der Waals surface area contributed by atoms with Gasteiger partial charge in [0.2, 0.25) is 0 Å². The van der Waals surface area contributed by atoms with Gasteiger partial charge in [0, 0.05) is 13.2 Å². The molecule has 3 heterocycles. The Labute approximate surface area is 119 Å². The van der Waals surface area contributed by atoms with Crippen molar-refractivity contribution in [3.05, 3.63) is 0 Å². The molecule has 1 spiro atoms. The average molecular weight is 281 g/mol. The van der Waals surface area contributed by atoms with Gasteiger partial charge in [-0.2, -0.15) is 0 Å². The molecule has 112 valence electrons. The third-order valence-corrected chi connectivity index (χ3v) is 4.63. The van der Waals surface area contributed by atoms with Crippen molar-refractivity contribution in [2.45, 2.75) is 50.2 Å². The van der Waals surface area contributed by atoms with E-state index >= 15 is 0 Å². The highest BCUT2D eigenvalue weighted by Crippen LogP contribution is 2.27. The number of piperidine rings is 1. The molecule has 3 aliphatic heterocycles. The molecule has 0 aliphatic carbocycles. The van der Waals surface area contributed by atoms with Crippen LogP contribution in [0.2, 0.25) is 0 Å². The minimum Gasteiger partial charge on any atom is -0.378 e. The first-order valence-electron chi connectivity index (χ1n) is 7.68. The fourth-order valence-corrected chi connectivity index (χ4v) is 3.42. The standard InChI is InChI=1S/C14H23N3O3/c18-12-14(5-7-15-8-6-14)16-13(19)17(12)9-1-3-11-4-2-10-20-11/h11,15H,1-10H2,(H,16,19). The highest BCUT2D eigenvalue weighted by Gasteiger charge is 2.50. The van der Waals surface area contributed by atoms with E-state index < -0.39 is 5.54 Å². The van der Waals surface area contributed by atoms with Crippen LogP contribution in [0, 0.1) is 0 Å². The van der Waals surface area contributed by atoms with E-state index in [1.54, 1.807) is 0 Å². The van der Waals surface area contributed by atoms with Gasteiger partial charge >= 0.3 is 6.03 Å². The van der Waals surface area contributed by atoms with Crippen LogP contribution in [0.3, 0.4) is 0 Å². The summed E-state index contributed by atoms with van der Waals surface area (Å²) in [5.74, 6) is -0.0312. The maximum atomic E-state index is 12.5. The number of imide groups is 1. The summed E-state index contributed by atoms with van der Waals surface area (Å²) in [4.78, 5) is 25.9. The summed E-state index contributed by atoms with van der Waals surface area (Å²) in [5.41, 5.74) is -0.633. The molecule has 3 saturated heterocycles. The third-order valence-electron chi connectivity index (χ3n) is 4.63. The summed E-state index contributed by atoms with van der Waals surface area (Å²) >= 11 is 0. The van der Waals surface area contributed by atoms with Crippen molar-refractivity contribution in [1.82, 2.24) is 15.5 Å². The molecule has 6 nitrogen and oxygen atoms in total. The summed E-state index contributed by atoms with van der Waals surface area (Å²) in [5, 5.41) is 6.14. The van der Waals surface area contributed by atoms with Gasteiger partial charge in [0.05, 0.1) is 6.10 Å². The molecule has 3 rings (SSSR count). The lowest BCUT2D eigenvalue weighted by Gasteiger charge is -2.31. The van der Waals surface area contributed by atoms with Gasteiger partial charge in [-0.25, -0.2) is 4.79 Å². The smallest absolute Gasteiger partial charge is 0.325 e. The Morgan fingerprint density at radius 3 is 2.80 bits per heavy atom. The van der Waals surface area contributed by atoms with Crippen LogP contribution in [0.25, 0.3) is 0 Å². The van der Waals surface area contributed by atoms with Crippen molar-refractivity contribution in [3.63, 3.8) is 0 Å². The maximum absolute atomic E-state index is 12.5. The molecule has 2 N–H and O–H groups in total. The molecule has 3 amide bonds. The van der Waals surface area contributed by atoms with Crippen molar-refractivity contribution in [2.24, 2.45) is 0 Å². The van der Waals surface area contributed by atoms with Crippen LogP contribution in [0.5, 0.6) is 0 Å². The number of hydrogen-bond donors (Lipinski definition) is 2. The summed E-state index contributed by atoms with van der Waals surface area (Å²) < 4.78 is 5.57. The Morgan fingerprint density at radius 2 is 2.10 bits per heavy atom. The first-order chi connectivity index (χ1) is 9.71. The highest BCUT2D eigenvalue weighted by atomic mass is 16.5. The summed E-state index contributed by atoms with van der Waals surface area (Å²) in [6.45, 7) is 2.94. The average Bonchev–Trinajstić information content (AvgIpc) is 3.03. The minimum absolute atomic E-state index is 0.0312. The number of ether oxygens (including phenoxy) is 1. The van der Waals surface area contributed by atoms with Gasteiger partial charge in [-0.3, -0.25) is 9.69 Å². The second-order valence-electron chi connectivity index (χ2n) is 6.00. The second kappa shape index (κ2) is 5.69. The van der Waals surface area contributed by atoms with Crippen molar-refractivity contribution >= 4 is 11.9 Å². The van der Waals surface area contributed by atoms with Crippen molar-refractivity contribution in [2.75, 3.05) is 26.2 Å². The zero-order chi connectivity index (χ0) is 14.0. The van der Waals surface area contributed by atoms with Gasteiger partial charge in [-0.1, -0.05) is 0 Å². The quantitative estimate of drug-likeness (QED) is 0.741. The van der Waals surface area contributed by atoms with E-state index in [4.69, 9.17) is 4.74 Å². The van der Waals surface area contributed by atoms with Crippen molar-refractivity contribution in [3.8, 4) is 0 Å². The van der Waals surface area contributed by atoms with E-state index in [1.807, 2.05) is 0 Å². The first kappa shape index (κ1) is 13.8. The first-order valence-corrected chi connectivity index (χ1v) is 7.68. The predicted octanol–water partition coefficient (Wildman–Crippen LogP) is 0.620. The van der Waals surface area contributed by atoms with Crippen LogP contribution in [-0.4, -0.2) is 54.7 Å². The highest BCUT2D eigenvalue weighted by molar-refractivity contribution is 6.07. The van der Waals surface area contributed by atoms with Crippen LogP contribution in [0.1, 0.15) is 38.5 Å². The van der Waals surface area contributed by atoms with Crippen LogP contribution in [0.15, 0.2) is 0 Å². The number of carbonyl (C=O) groups is 2. The fourth-order valence-electron chi connectivity index (χ4n) is 3.42. The number of rotatable bonds is 4. The summed E-state index contributed by atoms with van der Waals surface area (Å²) in [6.07, 6.45) is 5.71. The van der Waals surface area contributed by atoms with Gasteiger partial charge in [-0.15, -0.1) is 0 Å². The lowest BCUT2D eigenvalue weighted by Crippen LogP contribution is -2.53. The number of carbonyl (C=O) groups excluding carboxylic acids is 2. The third kappa shape index (κ3) is 2.54. The Morgan fingerprint density at radius 1 is 1.30 bits per heavy atom. The second-order valence-corrected chi connectivity index (χ2v) is 6.00. The normalized spacial score (nSPS) is 29.2. The minimum atomic E-state index is -0.633. The Hall–Kier alpha value is -1.14. The van der Waals surface area contributed by atoms with E-state index in [0.29, 0.717) is 25.5 Å². The van der Waals surface area contributed by atoms with Crippen LogP contribution in [0.4, 0.5) is 4.79 Å². The molecule has 0 aromatic heterocycles. The predicted molar refractivity (Wildman–Crippen MR) is 73.3 cm³/mol. The molecule has 0 radical (unpaired) electrons. The zero-order valence-corrected chi connectivity index (χ0v) is 11.8. The van der Waals surface area contributed by atoms with Crippen LogP contribution in [-0.2, 0) is 9.53 Å². The topological polar surface area (TPSA) is 70.7 Å². The Bertz CT molecular complexity index is 387. The van der Waals surface area contributed by atoms with Gasteiger partial charge in [0.1, 0.15) is 5.54 Å². The summed E-state index contributed by atoms with van der Waals surface area (Å²) in [6, 6.07) is -0.218. The van der Waals surface area contributed by atoms with Crippen molar-refractivity contribution < 1.29 is 14.3 Å². The molecule has 0 aromatic carbocycles. The lowest BCUT2D eigenvalue weighted by atomic mass is 9.88. The van der Waals surface area contributed by atoms with E-state index in [1.165, 1.54) is 4.90 Å². The molecule has 0 bridgehead atoms. The summed E-state index contributed by atoms with van der Waals surface area (Å²) in [7, 11) is 0.